The van der Waals surface area contributed by atoms with Crippen LogP contribution in [-0.4, -0.2) is 38.7 Å². The molecule has 0 radical (unpaired) electrons. The molecule has 1 heterocycles. The van der Waals surface area contributed by atoms with Gasteiger partial charge in [-0.25, -0.2) is 9.59 Å². The molecule has 0 atom stereocenters. The average Bonchev–Trinajstić information content (AvgIpc) is 2.66. The first-order valence-corrected chi connectivity index (χ1v) is 7.41. The Morgan fingerprint density at radius 1 is 1.00 bits per heavy atom. The van der Waals surface area contributed by atoms with Crippen LogP contribution in [0, 0.1) is 0 Å². The Morgan fingerprint density at radius 3 is 2.36 bits per heavy atom. The normalized spacial score (nSPS) is 12.9. The lowest BCUT2D eigenvalue weighted by Gasteiger charge is -2.29. The monoisotopic (exact) mass is 341 g/mol. The standard InChI is InChI=1S/C18H15NO6/c1-23-17(21)11-4-3-5-13(8-11)19-14-9-12(18(22)24-2)6-7-15(14)25-10-16(19)20/h3-9H,10H2,1-2H3. The number of benzene rings is 2. The fraction of sp³-hybridized carbons (Fsp3) is 0.167. The summed E-state index contributed by atoms with van der Waals surface area (Å²) in [6.45, 7) is -0.146. The van der Waals surface area contributed by atoms with Gasteiger partial charge in [-0.1, -0.05) is 6.07 Å². The minimum absolute atomic E-state index is 0.146. The lowest BCUT2D eigenvalue weighted by molar-refractivity contribution is -0.120. The van der Waals surface area contributed by atoms with Gasteiger partial charge in [0.2, 0.25) is 0 Å². The van der Waals surface area contributed by atoms with Crippen molar-refractivity contribution in [1.82, 2.24) is 0 Å². The zero-order valence-electron chi connectivity index (χ0n) is 13.6. The van der Waals surface area contributed by atoms with E-state index in [9.17, 15) is 14.4 Å². The molecule has 0 aromatic heterocycles. The van der Waals surface area contributed by atoms with Crippen molar-refractivity contribution in [3.05, 3.63) is 53.6 Å². The molecule has 0 aliphatic carbocycles. The van der Waals surface area contributed by atoms with E-state index < -0.39 is 11.9 Å². The van der Waals surface area contributed by atoms with Gasteiger partial charge in [0.1, 0.15) is 5.75 Å². The topological polar surface area (TPSA) is 82.1 Å². The van der Waals surface area contributed by atoms with Crippen LogP contribution < -0.4 is 9.64 Å². The second-order valence-electron chi connectivity index (χ2n) is 5.23. The molecule has 3 rings (SSSR count). The molecule has 2 aromatic carbocycles. The summed E-state index contributed by atoms with van der Waals surface area (Å²) >= 11 is 0. The van der Waals surface area contributed by atoms with Crippen molar-refractivity contribution in [3.63, 3.8) is 0 Å². The largest absolute Gasteiger partial charge is 0.482 e. The van der Waals surface area contributed by atoms with Crippen molar-refractivity contribution >= 4 is 29.2 Å². The predicted molar refractivity (Wildman–Crippen MR) is 88.2 cm³/mol. The van der Waals surface area contributed by atoms with Crippen molar-refractivity contribution in [3.8, 4) is 5.75 Å². The van der Waals surface area contributed by atoms with E-state index >= 15 is 0 Å². The van der Waals surface area contributed by atoms with Crippen molar-refractivity contribution in [2.75, 3.05) is 25.7 Å². The number of rotatable bonds is 3. The maximum absolute atomic E-state index is 12.4. The Balaban J connectivity index is 2.10. The Kier molecular flexibility index (Phi) is 4.38. The van der Waals surface area contributed by atoms with E-state index in [1.165, 1.54) is 25.2 Å². The van der Waals surface area contributed by atoms with Gasteiger partial charge < -0.3 is 14.2 Å². The van der Waals surface area contributed by atoms with Crippen LogP contribution >= 0.6 is 0 Å². The lowest BCUT2D eigenvalue weighted by atomic mass is 10.1. The molecule has 0 saturated carbocycles. The van der Waals surface area contributed by atoms with Crippen molar-refractivity contribution in [2.45, 2.75) is 0 Å². The summed E-state index contributed by atoms with van der Waals surface area (Å²) in [6, 6.07) is 11.1. The Morgan fingerprint density at radius 2 is 1.68 bits per heavy atom. The van der Waals surface area contributed by atoms with Gasteiger partial charge in [-0.2, -0.15) is 0 Å². The highest BCUT2D eigenvalue weighted by molar-refractivity contribution is 6.06. The molecule has 1 aliphatic rings. The van der Waals surface area contributed by atoms with Crippen LogP contribution in [0.1, 0.15) is 20.7 Å². The fourth-order valence-corrected chi connectivity index (χ4v) is 2.57. The molecule has 0 unspecified atom stereocenters. The molecule has 2 aromatic rings. The molecule has 0 saturated heterocycles. The molecule has 7 heteroatoms. The number of hydrogen-bond acceptors (Lipinski definition) is 6. The van der Waals surface area contributed by atoms with E-state index in [1.807, 2.05) is 0 Å². The molecular weight excluding hydrogens is 326 g/mol. The Hall–Kier alpha value is -3.35. The number of ether oxygens (including phenoxy) is 3. The minimum Gasteiger partial charge on any atom is -0.482 e. The number of esters is 2. The number of carbonyl (C=O) groups excluding carboxylic acids is 3. The molecule has 25 heavy (non-hydrogen) atoms. The summed E-state index contributed by atoms with van der Waals surface area (Å²) < 4.78 is 14.8. The third-order valence-electron chi connectivity index (χ3n) is 3.75. The predicted octanol–water partition coefficient (Wildman–Crippen LogP) is 2.32. The van der Waals surface area contributed by atoms with Crippen LogP contribution in [-0.2, 0) is 14.3 Å². The maximum Gasteiger partial charge on any atom is 0.337 e. The second-order valence-corrected chi connectivity index (χ2v) is 5.23. The summed E-state index contributed by atoms with van der Waals surface area (Å²) in [6.07, 6.45) is 0. The first kappa shape index (κ1) is 16.5. The Bertz CT molecular complexity index is 860. The third kappa shape index (κ3) is 3.03. The average molecular weight is 341 g/mol. The zero-order chi connectivity index (χ0) is 18.0. The number of methoxy groups -OCH3 is 2. The summed E-state index contributed by atoms with van der Waals surface area (Å²) in [4.78, 5) is 37.4. The summed E-state index contributed by atoms with van der Waals surface area (Å²) in [5.41, 5.74) is 1.47. The van der Waals surface area contributed by atoms with Crippen LogP contribution in [0.4, 0.5) is 11.4 Å². The minimum atomic E-state index is -0.524. The summed E-state index contributed by atoms with van der Waals surface area (Å²) in [5.74, 6) is -0.901. The number of fused-ring (bicyclic) bond motifs is 1. The van der Waals surface area contributed by atoms with E-state index in [-0.39, 0.29) is 18.1 Å². The van der Waals surface area contributed by atoms with Crippen LogP contribution in [0.25, 0.3) is 0 Å². The summed E-state index contributed by atoms with van der Waals surface area (Å²) in [7, 11) is 2.56. The number of anilines is 2. The fourth-order valence-electron chi connectivity index (χ4n) is 2.57. The SMILES string of the molecule is COC(=O)c1cccc(N2C(=O)COc3ccc(C(=O)OC)cc32)c1. The molecule has 0 N–H and O–H groups in total. The molecule has 0 bridgehead atoms. The van der Waals surface area contributed by atoms with Crippen LogP contribution in [0.15, 0.2) is 42.5 Å². The quantitative estimate of drug-likeness (QED) is 0.797. The number of hydrogen-bond donors (Lipinski definition) is 0. The summed E-state index contributed by atoms with van der Waals surface area (Å²) in [5, 5.41) is 0. The molecule has 1 amide bonds. The van der Waals surface area contributed by atoms with E-state index in [2.05, 4.69) is 0 Å². The Labute approximate surface area is 143 Å². The molecule has 7 nitrogen and oxygen atoms in total. The van der Waals surface area contributed by atoms with Crippen LogP contribution in [0.5, 0.6) is 5.75 Å². The van der Waals surface area contributed by atoms with Crippen molar-refractivity contribution < 1.29 is 28.6 Å². The van der Waals surface area contributed by atoms with Gasteiger partial charge in [-0.3, -0.25) is 9.69 Å². The number of carbonyl (C=O) groups is 3. The van der Waals surface area contributed by atoms with Gasteiger partial charge in [-0.05, 0) is 36.4 Å². The molecule has 128 valence electrons. The zero-order valence-corrected chi connectivity index (χ0v) is 13.6. The highest BCUT2D eigenvalue weighted by Crippen LogP contribution is 2.38. The van der Waals surface area contributed by atoms with E-state index in [1.54, 1.807) is 36.4 Å². The lowest BCUT2D eigenvalue weighted by Crippen LogP contribution is -2.35. The van der Waals surface area contributed by atoms with Crippen LogP contribution in [0.3, 0.4) is 0 Å². The van der Waals surface area contributed by atoms with E-state index in [0.717, 1.165) is 0 Å². The first-order valence-electron chi connectivity index (χ1n) is 7.41. The smallest absolute Gasteiger partial charge is 0.337 e. The van der Waals surface area contributed by atoms with Gasteiger partial charge >= 0.3 is 11.9 Å². The number of amides is 1. The van der Waals surface area contributed by atoms with E-state index in [4.69, 9.17) is 14.2 Å². The molecule has 0 fully saturated rings. The van der Waals surface area contributed by atoms with Crippen molar-refractivity contribution in [2.24, 2.45) is 0 Å². The highest BCUT2D eigenvalue weighted by Gasteiger charge is 2.28. The van der Waals surface area contributed by atoms with Gasteiger partial charge in [0.05, 0.1) is 36.7 Å². The third-order valence-corrected chi connectivity index (χ3v) is 3.75. The van der Waals surface area contributed by atoms with Gasteiger partial charge in [0.15, 0.2) is 6.61 Å². The molecule has 1 aliphatic heterocycles. The number of nitrogens with zero attached hydrogens (tertiary/aromatic N) is 1. The van der Waals surface area contributed by atoms with Crippen molar-refractivity contribution in [1.29, 1.82) is 0 Å². The molecule has 0 spiro atoms. The first-order chi connectivity index (χ1) is 12.0. The maximum atomic E-state index is 12.4. The molecular formula is C18H15NO6. The second kappa shape index (κ2) is 6.64. The van der Waals surface area contributed by atoms with Gasteiger partial charge in [0.25, 0.3) is 5.91 Å². The van der Waals surface area contributed by atoms with Gasteiger partial charge in [-0.15, -0.1) is 0 Å². The van der Waals surface area contributed by atoms with Crippen LogP contribution in [0.2, 0.25) is 0 Å². The van der Waals surface area contributed by atoms with Gasteiger partial charge in [0, 0.05) is 0 Å². The highest BCUT2D eigenvalue weighted by atomic mass is 16.5. The van der Waals surface area contributed by atoms with E-state index in [0.29, 0.717) is 22.7 Å².